The van der Waals surface area contributed by atoms with Gasteiger partial charge in [0.2, 0.25) is 17.7 Å². The second-order valence-corrected chi connectivity index (χ2v) is 7.64. The number of nitrogens with zero attached hydrogens (tertiary/aromatic N) is 1. The number of amides is 3. The number of rotatable bonds is 6. The summed E-state index contributed by atoms with van der Waals surface area (Å²) in [6.07, 6.45) is 0.163. The predicted molar refractivity (Wildman–Crippen MR) is 115 cm³/mol. The third-order valence-corrected chi connectivity index (χ3v) is 5.43. The van der Waals surface area contributed by atoms with Crippen molar-refractivity contribution in [1.82, 2.24) is 0 Å². The predicted octanol–water partition coefficient (Wildman–Crippen LogP) is 3.51. The Morgan fingerprint density at radius 3 is 2.66 bits per heavy atom. The van der Waals surface area contributed by atoms with Crippen molar-refractivity contribution in [2.75, 3.05) is 34.9 Å². The van der Waals surface area contributed by atoms with Crippen LogP contribution in [0.4, 0.5) is 17.1 Å². The van der Waals surface area contributed by atoms with Crippen LogP contribution in [0.2, 0.25) is 0 Å². The van der Waals surface area contributed by atoms with Crippen molar-refractivity contribution >= 4 is 46.5 Å². The van der Waals surface area contributed by atoms with Crippen LogP contribution in [0.5, 0.6) is 5.75 Å². The van der Waals surface area contributed by atoms with Gasteiger partial charge in [0.15, 0.2) is 0 Å². The van der Waals surface area contributed by atoms with Crippen LogP contribution in [0.3, 0.4) is 0 Å². The first kappa shape index (κ1) is 20.7. The standard InChI is InChI=1S/C21H23N3O4S/c1-14(25)22-15-7-8-18(28-2)16(13-15)23-20(26)9-10-21(27)24-11-12-29-19-6-4-3-5-17(19)24/h3-8,13H,9-12H2,1-2H3,(H,22,25)(H,23,26). The number of carbonyl (C=O) groups excluding carboxylic acids is 3. The second kappa shape index (κ2) is 9.47. The van der Waals surface area contributed by atoms with E-state index in [4.69, 9.17) is 4.74 Å². The van der Waals surface area contributed by atoms with Crippen LogP contribution >= 0.6 is 11.8 Å². The molecule has 152 valence electrons. The maximum atomic E-state index is 12.7. The first-order valence-corrected chi connectivity index (χ1v) is 10.2. The molecule has 0 saturated heterocycles. The molecule has 0 fully saturated rings. The van der Waals surface area contributed by atoms with Crippen LogP contribution in [0, 0.1) is 0 Å². The van der Waals surface area contributed by atoms with Crippen LogP contribution in [0.1, 0.15) is 19.8 Å². The zero-order valence-corrected chi connectivity index (χ0v) is 17.2. The number of para-hydroxylation sites is 1. The molecule has 0 unspecified atom stereocenters. The highest BCUT2D eigenvalue weighted by Gasteiger charge is 2.23. The van der Waals surface area contributed by atoms with E-state index in [2.05, 4.69) is 10.6 Å². The first-order valence-electron chi connectivity index (χ1n) is 9.25. The zero-order chi connectivity index (χ0) is 20.8. The van der Waals surface area contributed by atoms with E-state index in [1.165, 1.54) is 14.0 Å². The van der Waals surface area contributed by atoms with E-state index in [-0.39, 0.29) is 30.6 Å². The number of hydrogen-bond acceptors (Lipinski definition) is 5. The fourth-order valence-corrected chi connectivity index (χ4v) is 4.08. The molecule has 3 amide bonds. The van der Waals surface area contributed by atoms with Gasteiger partial charge in [-0.1, -0.05) is 12.1 Å². The zero-order valence-electron chi connectivity index (χ0n) is 16.4. The Balaban J connectivity index is 1.62. The molecule has 29 heavy (non-hydrogen) atoms. The van der Waals surface area contributed by atoms with E-state index in [1.807, 2.05) is 24.3 Å². The molecule has 2 aromatic carbocycles. The minimum Gasteiger partial charge on any atom is -0.495 e. The SMILES string of the molecule is COc1ccc(NC(C)=O)cc1NC(=O)CCC(=O)N1CCSc2ccccc21. The average molecular weight is 413 g/mol. The summed E-state index contributed by atoms with van der Waals surface area (Å²) in [5.74, 6) is 0.726. The molecule has 2 aromatic rings. The molecule has 0 aliphatic carbocycles. The quantitative estimate of drug-likeness (QED) is 0.757. The molecule has 0 atom stereocenters. The van der Waals surface area contributed by atoms with Gasteiger partial charge < -0.3 is 20.3 Å². The highest BCUT2D eigenvalue weighted by atomic mass is 32.2. The van der Waals surface area contributed by atoms with Crippen molar-refractivity contribution < 1.29 is 19.1 Å². The molecular weight excluding hydrogens is 390 g/mol. The third-order valence-electron chi connectivity index (χ3n) is 4.39. The highest BCUT2D eigenvalue weighted by Crippen LogP contribution is 2.34. The lowest BCUT2D eigenvalue weighted by Gasteiger charge is -2.29. The monoisotopic (exact) mass is 413 g/mol. The van der Waals surface area contributed by atoms with E-state index in [0.717, 1.165) is 16.3 Å². The number of fused-ring (bicyclic) bond motifs is 1. The molecule has 1 heterocycles. The molecular formula is C21H23N3O4S. The van der Waals surface area contributed by atoms with E-state index in [9.17, 15) is 14.4 Å². The molecule has 8 heteroatoms. The second-order valence-electron chi connectivity index (χ2n) is 6.51. The van der Waals surface area contributed by atoms with E-state index < -0.39 is 0 Å². The van der Waals surface area contributed by atoms with Gasteiger partial charge in [-0.15, -0.1) is 11.8 Å². The summed E-state index contributed by atoms with van der Waals surface area (Å²) in [7, 11) is 1.50. The summed E-state index contributed by atoms with van der Waals surface area (Å²) in [4.78, 5) is 39.2. The lowest BCUT2D eigenvalue weighted by Crippen LogP contribution is -2.35. The number of hydrogen-bond donors (Lipinski definition) is 2. The van der Waals surface area contributed by atoms with Gasteiger partial charge in [0.1, 0.15) is 5.75 Å². The van der Waals surface area contributed by atoms with Crippen molar-refractivity contribution in [3.8, 4) is 5.75 Å². The summed E-state index contributed by atoms with van der Waals surface area (Å²) in [6, 6.07) is 12.8. The molecule has 0 saturated carbocycles. The third kappa shape index (κ3) is 5.29. The summed E-state index contributed by atoms with van der Waals surface area (Å²) in [5.41, 5.74) is 1.89. The molecule has 7 nitrogen and oxygen atoms in total. The maximum Gasteiger partial charge on any atom is 0.227 e. The summed E-state index contributed by atoms with van der Waals surface area (Å²) in [5, 5.41) is 5.43. The molecule has 0 spiro atoms. The largest absolute Gasteiger partial charge is 0.495 e. The van der Waals surface area contributed by atoms with Crippen LogP contribution < -0.4 is 20.3 Å². The first-order chi connectivity index (χ1) is 14.0. The molecule has 1 aliphatic rings. The number of ether oxygens (including phenoxy) is 1. The fourth-order valence-electron chi connectivity index (χ4n) is 3.08. The minimum absolute atomic E-state index is 0.0537. The molecule has 0 bridgehead atoms. The van der Waals surface area contributed by atoms with E-state index in [0.29, 0.717) is 23.7 Å². The van der Waals surface area contributed by atoms with Crippen molar-refractivity contribution in [3.63, 3.8) is 0 Å². The molecule has 0 aromatic heterocycles. The number of nitrogens with one attached hydrogen (secondary N) is 2. The number of benzene rings is 2. The van der Waals surface area contributed by atoms with Gasteiger partial charge in [-0.25, -0.2) is 0 Å². The average Bonchev–Trinajstić information content (AvgIpc) is 2.71. The number of methoxy groups -OCH3 is 1. The Labute approximate surface area is 173 Å². The summed E-state index contributed by atoms with van der Waals surface area (Å²) in [6.45, 7) is 2.04. The minimum atomic E-state index is -0.295. The number of anilines is 3. The van der Waals surface area contributed by atoms with Crippen molar-refractivity contribution in [2.24, 2.45) is 0 Å². The smallest absolute Gasteiger partial charge is 0.227 e. The topological polar surface area (TPSA) is 87.7 Å². The number of carbonyl (C=O) groups is 3. The van der Waals surface area contributed by atoms with Crippen LogP contribution in [0.25, 0.3) is 0 Å². The van der Waals surface area contributed by atoms with Crippen molar-refractivity contribution in [3.05, 3.63) is 42.5 Å². The molecule has 1 aliphatic heterocycles. The van der Waals surface area contributed by atoms with Gasteiger partial charge in [0.05, 0.1) is 18.5 Å². The van der Waals surface area contributed by atoms with Crippen LogP contribution in [-0.2, 0) is 14.4 Å². The Kier molecular flexibility index (Phi) is 6.77. The highest BCUT2D eigenvalue weighted by molar-refractivity contribution is 7.99. The van der Waals surface area contributed by atoms with Gasteiger partial charge in [0, 0.05) is 42.6 Å². The maximum absolute atomic E-state index is 12.7. The van der Waals surface area contributed by atoms with Gasteiger partial charge in [-0.2, -0.15) is 0 Å². The van der Waals surface area contributed by atoms with Gasteiger partial charge in [-0.05, 0) is 30.3 Å². The lowest BCUT2D eigenvalue weighted by molar-refractivity contribution is -0.122. The normalized spacial score (nSPS) is 12.7. The van der Waals surface area contributed by atoms with E-state index in [1.54, 1.807) is 34.9 Å². The molecule has 2 N–H and O–H groups in total. The van der Waals surface area contributed by atoms with Gasteiger partial charge in [-0.3, -0.25) is 14.4 Å². The molecule has 3 rings (SSSR count). The summed E-state index contributed by atoms with van der Waals surface area (Å²) >= 11 is 1.73. The lowest BCUT2D eigenvalue weighted by atomic mass is 10.2. The van der Waals surface area contributed by atoms with E-state index >= 15 is 0 Å². The van der Waals surface area contributed by atoms with Crippen molar-refractivity contribution in [2.45, 2.75) is 24.7 Å². The number of thioether (sulfide) groups is 1. The Morgan fingerprint density at radius 1 is 1.10 bits per heavy atom. The fraction of sp³-hybridized carbons (Fsp3) is 0.286. The van der Waals surface area contributed by atoms with Gasteiger partial charge >= 0.3 is 0 Å². The molecule has 0 radical (unpaired) electrons. The van der Waals surface area contributed by atoms with Crippen molar-refractivity contribution in [1.29, 1.82) is 0 Å². The Bertz CT molecular complexity index is 932. The van der Waals surface area contributed by atoms with Crippen LogP contribution in [0.15, 0.2) is 47.4 Å². The Morgan fingerprint density at radius 2 is 1.90 bits per heavy atom. The summed E-state index contributed by atoms with van der Waals surface area (Å²) < 4.78 is 5.26. The van der Waals surface area contributed by atoms with Crippen LogP contribution in [-0.4, -0.2) is 37.1 Å². The Hall–Kier alpha value is -3.00. The van der Waals surface area contributed by atoms with Gasteiger partial charge in [0.25, 0.3) is 0 Å².